The van der Waals surface area contributed by atoms with Gasteiger partial charge in [0.1, 0.15) is 10.7 Å². The Labute approximate surface area is 185 Å². The van der Waals surface area contributed by atoms with Gasteiger partial charge in [-0.3, -0.25) is 14.0 Å². The first-order valence-electron chi connectivity index (χ1n) is 9.70. The lowest BCUT2D eigenvalue weighted by molar-refractivity contribution is 0.102. The number of carbonyl (C=O) groups excluding carboxylic acids is 1. The Morgan fingerprint density at radius 1 is 1.06 bits per heavy atom. The molecule has 0 radical (unpaired) electrons. The molecule has 0 saturated carbocycles. The molecule has 32 heavy (non-hydrogen) atoms. The molecule has 0 aliphatic heterocycles. The normalized spacial score (nSPS) is 11.1. The largest absolute Gasteiger partial charge is 0.321 e. The van der Waals surface area contributed by atoms with Gasteiger partial charge in [0.05, 0.1) is 17.1 Å². The van der Waals surface area contributed by atoms with E-state index in [1.807, 2.05) is 35.7 Å². The minimum Gasteiger partial charge on any atom is -0.321 e. The predicted molar refractivity (Wildman–Crippen MR) is 121 cm³/mol. The minimum atomic E-state index is -0.303. The van der Waals surface area contributed by atoms with Gasteiger partial charge in [-0.1, -0.05) is 29.5 Å². The fraction of sp³-hybridized carbons (Fsp3) is 0.0435. The van der Waals surface area contributed by atoms with E-state index in [0.29, 0.717) is 32.5 Å². The van der Waals surface area contributed by atoms with E-state index in [9.17, 15) is 14.0 Å². The first-order chi connectivity index (χ1) is 15.5. The lowest BCUT2D eigenvalue weighted by atomic mass is 10.1. The third kappa shape index (κ3) is 3.58. The van der Waals surface area contributed by atoms with Crippen LogP contribution in [0, 0.1) is 12.7 Å². The highest BCUT2D eigenvalue weighted by atomic mass is 32.1. The second kappa shape index (κ2) is 7.86. The topological polar surface area (TPSA) is 92.1 Å². The van der Waals surface area contributed by atoms with Gasteiger partial charge < -0.3 is 5.32 Å². The lowest BCUT2D eigenvalue weighted by Crippen LogP contribution is -2.13. The highest BCUT2D eigenvalue weighted by Gasteiger charge is 2.19. The second-order valence-corrected chi connectivity index (χ2v) is 8.09. The first kappa shape index (κ1) is 19.8. The molecule has 0 unspecified atom stereocenters. The van der Waals surface area contributed by atoms with Gasteiger partial charge in [0.2, 0.25) is 0 Å². The Hall–Kier alpha value is -4.11. The number of thiazole rings is 1. The van der Waals surface area contributed by atoms with Gasteiger partial charge in [0, 0.05) is 29.1 Å². The van der Waals surface area contributed by atoms with Gasteiger partial charge in [-0.05, 0) is 43.3 Å². The van der Waals surface area contributed by atoms with Gasteiger partial charge in [0.15, 0.2) is 4.96 Å². The number of halogens is 1. The van der Waals surface area contributed by atoms with Crippen LogP contribution in [0.15, 0.2) is 71.7 Å². The smallest absolute Gasteiger partial charge is 0.267 e. The number of hydrogen-bond donors (Lipinski definition) is 2. The van der Waals surface area contributed by atoms with Crippen LogP contribution < -0.4 is 10.9 Å². The van der Waals surface area contributed by atoms with Crippen LogP contribution in [0.3, 0.4) is 0 Å². The summed E-state index contributed by atoms with van der Waals surface area (Å²) in [5.41, 5.74) is 3.78. The molecule has 5 rings (SSSR count). The number of H-pyrrole nitrogens is 1. The Bertz CT molecular complexity index is 1500. The molecule has 5 aromatic rings. The molecule has 0 fully saturated rings. The zero-order valence-corrected chi connectivity index (χ0v) is 17.6. The van der Waals surface area contributed by atoms with Crippen LogP contribution >= 0.6 is 11.3 Å². The van der Waals surface area contributed by atoms with Crippen molar-refractivity contribution in [1.82, 2.24) is 19.6 Å². The number of anilines is 1. The van der Waals surface area contributed by atoms with E-state index >= 15 is 0 Å². The third-order valence-electron chi connectivity index (χ3n) is 5.03. The van der Waals surface area contributed by atoms with Crippen molar-refractivity contribution in [3.63, 3.8) is 0 Å². The van der Waals surface area contributed by atoms with E-state index < -0.39 is 0 Å². The summed E-state index contributed by atoms with van der Waals surface area (Å²) >= 11 is 1.28. The van der Waals surface area contributed by atoms with Crippen molar-refractivity contribution in [2.45, 2.75) is 6.92 Å². The lowest BCUT2D eigenvalue weighted by Gasteiger charge is -2.10. The van der Waals surface area contributed by atoms with Gasteiger partial charge in [0.25, 0.3) is 11.5 Å². The van der Waals surface area contributed by atoms with Crippen LogP contribution in [0.25, 0.3) is 27.5 Å². The van der Waals surface area contributed by atoms with Gasteiger partial charge in [-0.25, -0.2) is 14.5 Å². The summed E-state index contributed by atoms with van der Waals surface area (Å²) in [6.07, 6.45) is 1.84. The Kier molecular flexibility index (Phi) is 4.87. The van der Waals surface area contributed by atoms with Gasteiger partial charge >= 0.3 is 0 Å². The number of imidazole rings is 1. The minimum absolute atomic E-state index is 0.266. The number of carbonyl (C=O) groups is 1. The fourth-order valence-electron chi connectivity index (χ4n) is 3.41. The molecule has 3 heterocycles. The number of aryl methyl sites for hydroxylation is 1. The van der Waals surface area contributed by atoms with Crippen molar-refractivity contribution < 1.29 is 9.18 Å². The van der Waals surface area contributed by atoms with Crippen LogP contribution in [-0.2, 0) is 0 Å². The van der Waals surface area contributed by atoms with Crippen LogP contribution in [0.5, 0.6) is 0 Å². The quantitative estimate of drug-likeness (QED) is 0.426. The second-order valence-electron chi connectivity index (χ2n) is 7.11. The van der Waals surface area contributed by atoms with E-state index in [-0.39, 0.29) is 17.3 Å². The molecule has 2 N–H and O–H groups in total. The SMILES string of the molecule is Cc1c(C(=O)Nc2ccccc2-c2ccc(=O)[nH]n2)sc2nc(-c3ccc(F)cc3)cn12. The number of para-hydroxylation sites is 1. The number of hydrogen-bond acceptors (Lipinski definition) is 5. The summed E-state index contributed by atoms with van der Waals surface area (Å²) in [6.45, 7) is 1.85. The molecule has 1 amide bonds. The molecule has 0 bridgehead atoms. The molecular weight excluding hydrogens is 429 g/mol. The number of nitrogens with zero attached hydrogens (tertiary/aromatic N) is 3. The molecule has 158 valence electrons. The molecule has 0 aliphatic rings. The van der Waals surface area contributed by atoms with Crippen molar-refractivity contribution in [3.8, 4) is 22.5 Å². The van der Waals surface area contributed by atoms with E-state index in [1.165, 1.54) is 29.5 Å². The number of benzene rings is 2. The maximum absolute atomic E-state index is 13.2. The van der Waals surface area contributed by atoms with Gasteiger partial charge in [-0.15, -0.1) is 0 Å². The molecule has 0 saturated heterocycles. The molecule has 0 spiro atoms. The summed E-state index contributed by atoms with van der Waals surface area (Å²) < 4.78 is 15.1. The molecule has 3 aromatic heterocycles. The summed E-state index contributed by atoms with van der Waals surface area (Å²) in [6, 6.07) is 16.4. The zero-order chi connectivity index (χ0) is 22.2. The number of aromatic amines is 1. The number of aromatic nitrogens is 4. The fourth-order valence-corrected chi connectivity index (χ4v) is 4.41. The number of nitrogens with one attached hydrogen (secondary N) is 2. The first-order valence-corrected chi connectivity index (χ1v) is 10.5. The maximum atomic E-state index is 13.2. The summed E-state index contributed by atoms with van der Waals surface area (Å²) in [5, 5.41) is 9.40. The average molecular weight is 445 g/mol. The van der Waals surface area contributed by atoms with Gasteiger partial charge in [-0.2, -0.15) is 5.10 Å². The summed E-state index contributed by atoms with van der Waals surface area (Å²) in [5.74, 6) is -0.569. The van der Waals surface area contributed by atoms with E-state index in [1.54, 1.807) is 24.3 Å². The zero-order valence-electron chi connectivity index (χ0n) is 16.8. The maximum Gasteiger partial charge on any atom is 0.267 e. The predicted octanol–water partition coefficient (Wildman–Crippen LogP) is 4.51. The van der Waals surface area contributed by atoms with Crippen molar-refractivity contribution in [1.29, 1.82) is 0 Å². The standard InChI is InChI=1S/C23H16FN5O2S/c1-13-21(32-23-26-19(12-29(13)23)14-6-8-15(24)9-7-14)22(31)25-17-5-3-2-4-16(17)18-10-11-20(30)28-27-18/h2-12H,1H3,(H,25,31)(H,28,30). The monoisotopic (exact) mass is 445 g/mol. The Morgan fingerprint density at radius 3 is 2.56 bits per heavy atom. The van der Waals surface area contributed by atoms with E-state index in [2.05, 4.69) is 20.5 Å². The van der Waals surface area contributed by atoms with Crippen molar-refractivity contribution in [2.24, 2.45) is 0 Å². The highest BCUT2D eigenvalue weighted by molar-refractivity contribution is 7.19. The molecule has 2 aromatic carbocycles. The molecule has 0 atom stereocenters. The van der Waals surface area contributed by atoms with Crippen molar-refractivity contribution in [3.05, 3.63) is 93.6 Å². The third-order valence-corrected chi connectivity index (χ3v) is 6.19. The molecule has 0 aliphatic carbocycles. The van der Waals surface area contributed by atoms with E-state index in [4.69, 9.17) is 0 Å². The van der Waals surface area contributed by atoms with Crippen LogP contribution in [0.1, 0.15) is 15.4 Å². The number of amides is 1. The Balaban J connectivity index is 1.45. The Morgan fingerprint density at radius 2 is 1.84 bits per heavy atom. The van der Waals surface area contributed by atoms with Crippen LogP contribution in [0.2, 0.25) is 0 Å². The van der Waals surface area contributed by atoms with Crippen molar-refractivity contribution in [2.75, 3.05) is 5.32 Å². The molecule has 9 heteroatoms. The highest BCUT2D eigenvalue weighted by Crippen LogP contribution is 2.30. The number of rotatable bonds is 4. The summed E-state index contributed by atoms with van der Waals surface area (Å²) in [7, 11) is 0. The summed E-state index contributed by atoms with van der Waals surface area (Å²) in [4.78, 5) is 30.2. The number of fused-ring (bicyclic) bond motifs is 1. The molecule has 7 nitrogen and oxygen atoms in total. The average Bonchev–Trinajstić information content (AvgIpc) is 3.35. The molecular formula is C23H16FN5O2S. The van der Waals surface area contributed by atoms with E-state index in [0.717, 1.165) is 11.3 Å². The van der Waals surface area contributed by atoms with Crippen LogP contribution in [0.4, 0.5) is 10.1 Å². The van der Waals surface area contributed by atoms with Crippen molar-refractivity contribution >= 4 is 27.9 Å². The van der Waals surface area contributed by atoms with Crippen LogP contribution in [-0.4, -0.2) is 25.5 Å².